The summed E-state index contributed by atoms with van der Waals surface area (Å²) in [6.07, 6.45) is 0.619. The van der Waals surface area contributed by atoms with Crippen molar-refractivity contribution >= 4 is 10.0 Å². The third kappa shape index (κ3) is 1.95. The van der Waals surface area contributed by atoms with Crippen LogP contribution in [0, 0.1) is 5.82 Å². The van der Waals surface area contributed by atoms with Crippen LogP contribution >= 0.6 is 0 Å². The zero-order valence-corrected chi connectivity index (χ0v) is 9.45. The lowest BCUT2D eigenvalue weighted by atomic mass is 10.3. The van der Waals surface area contributed by atoms with Gasteiger partial charge in [0.15, 0.2) is 0 Å². The number of benzene rings is 1. The average Bonchev–Trinajstić information content (AvgIpc) is 2.66. The van der Waals surface area contributed by atoms with Gasteiger partial charge in [-0.05, 0) is 18.6 Å². The predicted molar refractivity (Wildman–Crippen MR) is 57.8 cm³/mol. The van der Waals surface area contributed by atoms with E-state index >= 15 is 0 Å². The monoisotopic (exact) mass is 244 g/mol. The van der Waals surface area contributed by atoms with E-state index in [-0.39, 0.29) is 17.5 Å². The molecule has 0 bridgehead atoms. The van der Waals surface area contributed by atoms with E-state index in [0.717, 1.165) is 6.07 Å². The van der Waals surface area contributed by atoms with Crippen LogP contribution in [0.2, 0.25) is 0 Å². The fourth-order valence-corrected chi connectivity index (χ4v) is 3.34. The Balaban J connectivity index is 2.36. The van der Waals surface area contributed by atoms with Crippen molar-refractivity contribution in [2.75, 3.05) is 13.1 Å². The minimum atomic E-state index is -3.72. The molecule has 1 atom stereocenters. The molecule has 1 fully saturated rings. The van der Waals surface area contributed by atoms with Gasteiger partial charge in [0.2, 0.25) is 10.0 Å². The van der Waals surface area contributed by atoms with E-state index in [1.165, 1.54) is 22.5 Å². The Kier molecular flexibility index (Phi) is 2.96. The van der Waals surface area contributed by atoms with Gasteiger partial charge in [0.05, 0.1) is 0 Å². The molecule has 2 N–H and O–H groups in total. The lowest BCUT2D eigenvalue weighted by Crippen LogP contribution is -2.32. The molecule has 0 aromatic heterocycles. The second-order valence-corrected chi connectivity index (χ2v) is 5.75. The van der Waals surface area contributed by atoms with Gasteiger partial charge in [-0.25, -0.2) is 12.8 Å². The van der Waals surface area contributed by atoms with E-state index in [1.54, 1.807) is 0 Å². The van der Waals surface area contributed by atoms with Crippen molar-refractivity contribution < 1.29 is 12.8 Å². The van der Waals surface area contributed by atoms with Crippen molar-refractivity contribution in [2.45, 2.75) is 17.4 Å². The van der Waals surface area contributed by atoms with Gasteiger partial charge in [-0.1, -0.05) is 12.1 Å². The minimum absolute atomic E-state index is 0.151. The number of hydrogen-bond donors (Lipinski definition) is 1. The number of rotatable bonds is 2. The zero-order valence-electron chi connectivity index (χ0n) is 8.64. The Morgan fingerprint density at radius 2 is 2.06 bits per heavy atom. The maximum atomic E-state index is 13.4. The van der Waals surface area contributed by atoms with Crippen molar-refractivity contribution in [3.8, 4) is 0 Å². The molecule has 1 saturated heterocycles. The third-order valence-electron chi connectivity index (χ3n) is 2.64. The first-order chi connectivity index (χ1) is 7.51. The van der Waals surface area contributed by atoms with Crippen LogP contribution in [-0.4, -0.2) is 31.9 Å². The zero-order chi connectivity index (χ0) is 11.8. The lowest BCUT2D eigenvalue weighted by molar-refractivity contribution is 0.465. The summed E-state index contributed by atoms with van der Waals surface area (Å²) in [6, 6.07) is 5.23. The van der Waals surface area contributed by atoms with Crippen LogP contribution < -0.4 is 5.73 Å². The first kappa shape index (κ1) is 11.5. The molecule has 0 unspecified atom stereocenters. The topological polar surface area (TPSA) is 63.4 Å². The molecule has 1 aromatic rings. The van der Waals surface area contributed by atoms with E-state index in [1.807, 2.05) is 0 Å². The standard InChI is InChI=1S/C10H13FN2O2S/c11-9-3-1-2-4-10(9)16(14,15)13-6-5-8(12)7-13/h1-4,8H,5-7,12H2/t8-/m0/s1. The smallest absolute Gasteiger partial charge is 0.246 e. The highest BCUT2D eigenvalue weighted by Gasteiger charge is 2.32. The summed E-state index contributed by atoms with van der Waals surface area (Å²) in [5, 5.41) is 0. The largest absolute Gasteiger partial charge is 0.326 e. The molecule has 1 aromatic carbocycles. The van der Waals surface area contributed by atoms with Gasteiger partial charge in [-0.15, -0.1) is 0 Å². The van der Waals surface area contributed by atoms with Crippen LogP contribution in [0.1, 0.15) is 6.42 Å². The maximum absolute atomic E-state index is 13.4. The fourth-order valence-electron chi connectivity index (χ4n) is 1.77. The molecule has 6 heteroatoms. The number of nitrogens with zero attached hydrogens (tertiary/aromatic N) is 1. The van der Waals surface area contributed by atoms with Crippen LogP contribution in [0.15, 0.2) is 29.2 Å². The van der Waals surface area contributed by atoms with Crippen molar-refractivity contribution in [1.29, 1.82) is 0 Å². The maximum Gasteiger partial charge on any atom is 0.246 e. The molecule has 1 aliphatic rings. The molecule has 16 heavy (non-hydrogen) atoms. The SMILES string of the molecule is N[C@H]1CCN(S(=O)(=O)c2ccccc2F)C1. The predicted octanol–water partition coefficient (Wildman–Crippen LogP) is 0.547. The molecule has 1 aliphatic heterocycles. The van der Waals surface area contributed by atoms with Crippen LogP contribution in [0.4, 0.5) is 4.39 Å². The molecule has 0 radical (unpaired) electrons. The van der Waals surface area contributed by atoms with Gasteiger partial charge >= 0.3 is 0 Å². The molecular formula is C10H13FN2O2S. The number of sulfonamides is 1. The Morgan fingerprint density at radius 1 is 1.38 bits per heavy atom. The van der Waals surface area contributed by atoms with Crippen LogP contribution in [0.5, 0.6) is 0 Å². The number of nitrogens with two attached hydrogens (primary N) is 1. The molecule has 4 nitrogen and oxygen atoms in total. The summed E-state index contributed by atoms with van der Waals surface area (Å²) in [7, 11) is -3.72. The first-order valence-corrected chi connectivity index (χ1v) is 6.46. The molecule has 2 rings (SSSR count). The molecule has 88 valence electrons. The van der Waals surface area contributed by atoms with Gasteiger partial charge in [0, 0.05) is 19.1 Å². The van der Waals surface area contributed by atoms with Crippen LogP contribution in [0.25, 0.3) is 0 Å². The second-order valence-electron chi connectivity index (χ2n) is 3.84. The summed E-state index contributed by atoms with van der Waals surface area (Å²) < 4.78 is 38.7. The van der Waals surface area contributed by atoms with Gasteiger partial charge in [0.1, 0.15) is 10.7 Å². The van der Waals surface area contributed by atoms with Crippen LogP contribution in [-0.2, 0) is 10.0 Å². The molecule has 0 saturated carbocycles. The number of hydrogen-bond acceptors (Lipinski definition) is 3. The van der Waals surface area contributed by atoms with E-state index in [4.69, 9.17) is 5.73 Å². The summed E-state index contributed by atoms with van der Waals surface area (Å²) in [6.45, 7) is 0.620. The van der Waals surface area contributed by atoms with Crippen molar-refractivity contribution in [3.05, 3.63) is 30.1 Å². The van der Waals surface area contributed by atoms with Crippen molar-refractivity contribution in [3.63, 3.8) is 0 Å². The van der Waals surface area contributed by atoms with Gasteiger partial charge in [-0.2, -0.15) is 4.31 Å². The quantitative estimate of drug-likeness (QED) is 0.826. The highest BCUT2D eigenvalue weighted by Crippen LogP contribution is 2.22. The number of halogens is 1. The molecule has 0 aliphatic carbocycles. The Labute approximate surface area is 93.9 Å². The third-order valence-corrected chi connectivity index (χ3v) is 4.54. The first-order valence-electron chi connectivity index (χ1n) is 5.02. The van der Waals surface area contributed by atoms with E-state index in [0.29, 0.717) is 13.0 Å². The normalized spacial score (nSPS) is 22.5. The highest BCUT2D eigenvalue weighted by atomic mass is 32.2. The second kappa shape index (κ2) is 4.12. The minimum Gasteiger partial charge on any atom is -0.326 e. The summed E-state index contributed by atoms with van der Waals surface area (Å²) in [5.41, 5.74) is 5.64. The van der Waals surface area contributed by atoms with Gasteiger partial charge in [0.25, 0.3) is 0 Å². The Hall–Kier alpha value is -0.980. The fraction of sp³-hybridized carbons (Fsp3) is 0.400. The Morgan fingerprint density at radius 3 is 2.62 bits per heavy atom. The van der Waals surface area contributed by atoms with Crippen molar-refractivity contribution in [1.82, 2.24) is 4.31 Å². The van der Waals surface area contributed by atoms with E-state index < -0.39 is 15.8 Å². The van der Waals surface area contributed by atoms with E-state index in [9.17, 15) is 12.8 Å². The Bertz CT molecular complexity index is 489. The molecular weight excluding hydrogens is 231 g/mol. The summed E-state index contributed by atoms with van der Waals surface area (Å²) in [5.74, 6) is -0.719. The summed E-state index contributed by atoms with van der Waals surface area (Å²) >= 11 is 0. The molecule has 1 heterocycles. The summed E-state index contributed by atoms with van der Waals surface area (Å²) in [4.78, 5) is -0.274. The molecule has 0 spiro atoms. The molecule has 0 amide bonds. The lowest BCUT2D eigenvalue weighted by Gasteiger charge is -2.16. The van der Waals surface area contributed by atoms with Crippen molar-refractivity contribution in [2.24, 2.45) is 5.73 Å². The average molecular weight is 244 g/mol. The van der Waals surface area contributed by atoms with Gasteiger partial charge < -0.3 is 5.73 Å². The highest BCUT2D eigenvalue weighted by molar-refractivity contribution is 7.89. The van der Waals surface area contributed by atoms with Gasteiger partial charge in [-0.3, -0.25) is 0 Å². The van der Waals surface area contributed by atoms with Crippen LogP contribution in [0.3, 0.4) is 0 Å². The van der Waals surface area contributed by atoms with E-state index in [2.05, 4.69) is 0 Å².